The van der Waals surface area contributed by atoms with Crippen molar-refractivity contribution in [3.8, 4) is 5.75 Å². The smallest absolute Gasteiger partial charge is 0.241 e. The number of sulfonamides is 1. The lowest BCUT2D eigenvalue weighted by Gasteiger charge is -2.38. The van der Waals surface area contributed by atoms with Crippen molar-refractivity contribution in [3.05, 3.63) is 88.9 Å². The molecule has 1 N–H and O–H groups in total. The summed E-state index contributed by atoms with van der Waals surface area (Å²) in [7, 11) is -2.24. The summed E-state index contributed by atoms with van der Waals surface area (Å²) >= 11 is 3.33. The molecule has 1 aliphatic rings. The van der Waals surface area contributed by atoms with Crippen LogP contribution in [0.4, 0.5) is 5.69 Å². The molecule has 1 saturated heterocycles. The number of halogens is 1. The van der Waals surface area contributed by atoms with E-state index in [2.05, 4.69) is 25.6 Å². The third kappa shape index (κ3) is 6.22. The summed E-state index contributed by atoms with van der Waals surface area (Å²) in [5.74, 6) is 0.561. The van der Waals surface area contributed by atoms with Crippen molar-refractivity contribution in [1.82, 2.24) is 9.62 Å². The molecule has 0 bridgehead atoms. The van der Waals surface area contributed by atoms with E-state index in [0.29, 0.717) is 26.2 Å². The molecule has 9 heteroatoms. The van der Waals surface area contributed by atoms with Crippen LogP contribution < -0.4 is 14.4 Å². The molecule has 3 aromatic carbocycles. The molecule has 0 aromatic heterocycles. The Balaban J connectivity index is 1.51. The molecule has 184 valence electrons. The Morgan fingerprint density at radius 2 is 1.57 bits per heavy atom. The van der Waals surface area contributed by atoms with Crippen molar-refractivity contribution >= 4 is 37.5 Å². The van der Waals surface area contributed by atoms with Gasteiger partial charge in [0, 0.05) is 30.7 Å². The van der Waals surface area contributed by atoms with Crippen LogP contribution in [0, 0.1) is 0 Å². The topological polar surface area (TPSA) is 79.0 Å². The molecule has 7 nitrogen and oxygen atoms in total. The number of para-hydroxylation sites is 2. The highest BCUT2D eigenvalue weighted by atomic mass is 79.9. The van der Waals surface area contributed by atoms with Gasteiger partial charge in [0.15, 0.2) is 0 Å². The minimum Gasteiger partial charge on any atom is -0.495 e. The number of nitrogens with zero attached hydrogens (tertiary/aromatic N) is 2. The maximum Gasteiger partial charge on any atom is 0.241 e. The van der Waals surface area contributed by atoms with Crippen LogP contribution in [0.1, 0.15) is 5.56 Å². The van der Waals surface area contributed by atoms with Gasteiger partial charge in [-0.05, 0) is 48.4 Å². The maximum atomic E-state index is 13.6. The van der Waals surface area contributed by atoms with E-state index < -0.39 is 16.1 Å². The monoisotopic (exact) mass is 557 g/mol. The van der Waals surface area contributed by atoms with Crippen LogP contribution in [-0.4, -0.2) is 58.6 Å². The predicted octanol–water partition coefficient (Wildman–Crippen LogP) is 3.70. The van der Waals surface area contributed by atoms with E-state index >= 15 is 0 Å². The summed E-state index contributed by atoms with van der Waals surface area (Å²) in [6.45, 7) is 2.23. The average Bonchev–Trinajstić information content (AvgIpc) is 2.88. The molecule has 35 heavy (non-hydrogen) atoms. The number of hydrogen-bond donors (Lipinski definition) is 1. The summed E-state index contributed by atoms with van der Waals surface area (Å²) in [6, 6.07) is 22.7. The highest BCUT2D eigenvalue weighted by Gasteiger charge is 2.31. The van der Waals surface area contributed by atoms with E-state index in [1.807, 2.05) is 54.6 Å². The predicted molar refractivity (Wildman–Crippen MR) is 140 cm³/mol. The van der Waals surface area contributed by atoms with E-state index in [1.54, 1.807) is 24.1 Å². The first-order chi connectivity index (χ1) is 16.9. The quantitative estimate of drug-likeness (QED) is 0.457. The molecule has 1 atom stereocenters. The molecule has 0 spiro atoms. The highest BCUT2D eigenvalue weighted by Crippen LogP contribution is 2.28. The van der Waals surface area contributed by atoms with Crippen LogP contribution >= 0.6 is 15.9 Å². The van der Waals surface area contributed by atoms with Crippen LogP contribution in [0.15, 0.2) is 88.2 Å². The first-order valence-corrected chi connectivity index (χ1v) is 13.6. The number of rotatable bonds is 8. The summed E-state index contributed by atoms with van der Waals surface area (Å²) < 4.78 is 35.2. The first-order valence-electron chi connectivity index (χ1n) is 11.4. The minimum atomic E-state index is -3.89. The van der Waals surface area contributed by atoms with Gasteiger partial charge in [-0.15, -0.1) is 0 Å². The lowest BCUT2D eigenvalue weighted by atomic mass is 10.1. The number of carbonyl (C=O) groups is 1. The highest BCUT2D eigenvalue weighted by molar-refractivity contribution is 9.10. The van der Waals surface area contributed by atoms with Crippen LogP contribution in [0.5, 0.6) is 5.75 Å². The number of amides is 1. The normalized spacial score (nSPS) is 15.0. The van der Waals surface area contributed by atoms with Gasteiger partial charge in [-0.1, -0.05) is 58.4 Å². The van der Waals surface area contributed by atoms with Crippen LogP contribution in [0.2, 0.25) is 0 Å². The summed E-state index contributed by atoms with van der Waals surface area (Å²) in [6.07, 6.45) is 0.266. The fraction of sp³-hybridized carbons (Fsp3) is 0.269. The van der Waals surface area contributed by atoms with E-state index in [1.165, 1.54) is 12.1 Å². The molecule has 1 fully saturated rings. The number of ether oxygens (including phenoxy) is 1. The second-order valence-electron chi connectivity index (χ2n) is 8.30. The van der Waals surface area contributed by atoms with Gasteiger partial charge in [-0.25, -0.2) is 8.42 Å². The number of benzene rings is 3. The Labute approximate surface area is 214 Å². The minimum absolute atomic E-state index is 0.118. The fourth-order valence-corrected chi connectivity index (χ4v) is 5.63. The van der Waals surface area contributed by atoms with Gasteiger partial charge in [0.05, 0.1) is 17.7 Å². The van der Waals surface area contributed by atoms with E-state index in [-0.39, 0.29) is 17.2 Å². The molecule has 0 radical (unpaired) electrons. The Kier molecular flexibility index (Phi) is 8.10. The van der Waals surface area contributed by atoms with Gasteiger partial charge in [0.1, 0.15) is 11.8 Å². The Hall–Kier alpha value is -2.88. The lowest BCUT2D eigenvalue weighted by molar-refractivity contribution is -0.133. The zero-order valence-corrected chi connectivity index (χ0v) is 21.8. The maximum absolute atomic E-state index is 13.6. The number of methoxy groups -OCH3 is 1. The second kappa shape index (κ2) is 11.2. The molecule has 4 rings (SSSR count). The number of hydrogen-bond acceptors (Lipinski definition) is 5. The fourth-order valence-electron chi connectivity index (χ4n) is 4.18. The summed E-state index contributed by atoms with van der Waals surface area (Å²) in [5, 5.41) is 0. The standard InChI is InChI=1S/C26H28BrN3O4S/c1-34-25-10-6-5-9-24(25)29-15-17-30(18-16-29)26(31)23(19-20-7-3-2-4-8-20)28-35(32,33)22-13-11-21(27)12-14-22/h2-14,23,28H,15-19H2,1H3/t23-/m1/s1. The Morgan fingerprint density at radius 1 is 0.943 bits per heavy atom. The Morgan fingerprint density at radius 3 is 2.23 bits per heavy atom. The van der Waals surface area contributed by atoms with Gasteiger partial charge in [-0.3, -0.25) is 4.79 Å². The largest absolute Gasteiger partial charge is 0.495 e. The number of carbonyl (C=O) groups excluding carboxylic acids is 1. The van der Waals surface area contributed by atoms with E-state index in [0.717, 1.165) is 21.5 Å². The molecular weight excluding hydrogens is 530 g/mol. The number of piperazine rings is 1. The van der Waals surface area contributed by atoms with Crippen molar-refractivity contribution in [3.63, 3.8) is 0 Å². The van der Waals surface area contributed by atoms with Crippen molar-refractivity contribution in [2.24, 2.45) is 0 Å². The molecule has 0 unspecified atom stereocenters. The van der Waals surface area contributed by atoms with Gasteiger partial charge in [0.2, 0.25) is 15.9 Å². The first kappa shape index (κ1) is 25.2. The third-order valence-electron chi connectivity index (χ3n) is 6.02. The zero-order valence-electron chi connectivity index (χ0n) is 19.4. The average molecular weight is 558 g/mol. The molecule has 1 aliphatic heterocycles. The van der Waals surface area contributed by atoms with Crippen molar-refractivity contribution in [2.75, 3.05) is 38.2 Å². The van der Waals surface area contributed by atoms with Gasteiger partial charge in [0.25, 0.3) is 0 Å². The molecule has 3 aromatic rings. The summed E-state index contributed by atoms with van der Waals surface area (Å²) in [5.41, 5.74) is 1.87. The van der Waals surface area contributed by atoms with Crippen LogP contribution in [0.25, 0.3) is 0 Å². The second-order valence-corrected chi connectivity index (χ2v) is 10.9. The van der Waals surface area contributed by atoms with E-state index in [9.17, 15) is 13.2 Å². The van der Waals surface area contributed by atoms with Crippen molar-refractivity contribution in [1.29, 1.82) is 0 Å². The van der Waals surface area contributed by atoms with Gasteiger partial charge >= 0.3 is 0 Å². The number of nitrogens with one attached hydrogen (secondary N) is 1. The van der Waals surface area contributed by atoms with Crippen molar-refractivity contribution in [2.45, 2.75) is 17.4 Å². The Bertz CT molecular complexity index is 1250. The molecule has 1 heterocycles. The van der Waals surface area contributed by atoms with Gasteiger partial charge in [-0.2, -0.15) is 4.72 Å². The van der Waals surface area contributed by atoms with Crippen LogP contribution in [0.3, 0.4) is 0 Å². The lowest BCUT2D eigenvalue weighted by Crippen LogP contribution is -2.55. The zero-order chi connectivity index (χ0) is 24.8. The number of anilines is 1. The van der Waals surface area contributed by atoms with Crippen LogP contribution in [-0.2, 0) is 21.2 Å². The molecule has 1 amide bonds. The summed E-state index contributed by atoms with van der Waals surface area (Å²) in [4.78, 5) is 17.6. The third-order valence-corrected chi connectivity index (χ3v) is 8.04. The molecular formula is C26H28BrN3O4S. The van der Waals surface area contributed by atoms with Crippen molar-refractivity contribution < 1.29 is 17.9 Å². The SMILES string of the molecule is COc1ccccc1N1CCN(C(=O)[C@@H](Cc2ccccc2)NS(=O)(=O)c2ccc(Br)cc2)CC1. The van der Waals surface area contributed by atoms with E-state index in [4.69, 9.17) is 4.74 Å². The molecule has 0 saturated carbocycles. The van der Waals surface area contributed by atoms with Gasteiger partial charge < -0.3 is 14.5 Å². The molecule has 0 aliphatic carbocycles.